The Kier molecular flexibility index (Phi) is 5.96. The van der Waals surface area contributed by atoms with Crippen molar-refractivity contribution in [3.05, 3.63) is 59.1 Å². The number of nitrogens with zero attached hydrogens (tertiary/aromatic N) is 3. The number of rotatable bonds is 6. The van der Waals surface area contributed by atoms with Gasteiger partial charge >= 0.3 is 0 Å². The minimum atomic E-state index is -0.168. The maximum absolute atomic E-state index is 12.1. The topological polar surface area (TPSA) is 59.3 Å². The predicted octanol–water partition coefficient (Wildman–Crippen LogP) is 4.34. The number of hydrogen-bond donors (Lipinski definition) is 1. The van der Waals surface area contributed by atoms with Crippen molar-refractivity contribution >= 4 is 46.0 Å². The molecule has 1 N–H and O–H groups in total. The van der Waals surface area contributed by atoms with Crippen LogP contribution in [-0.2, 0) is 11.3 Å². The molecule has 0 aliphatic heterocycles. The van der Waals surface area contributed by atoms with Crippen LogP contribution < -0.4 is 5.43 Å². The number of hydrogen-bond acceptors (Lipinski definition) is 4. The molecule has 5 nitrogen and oxygen atoms in total. The molecule has 0 spiro atoms. The molecule has 0 unspecified atom stereocenters. The van der Waals surface area contributed by atoms with E-state index < -0.39 is 0 Å². The Morgan fingerprint density at radius 2 is 1.96 bits per heavy atom. The van der Waals surface area contributed by atoms with E-state index in [1.165, 1.54) is 11.8 Å². The molecule has 0 fully saturated rings. The molecule has 134 valence electrons. The summed E-state index contributed by atoms with van der Waals surface area (Å²) >= 11 is 7.29. The monoisotopic (exact) mass is 386 g/mol. The second-order valence-corrected chi connectivity index (χ2v) is 7.03. The van der Waals surface area contributed by atoms with Crippen LogP contribution in [0.3, 0.4) is 0 Å². The molecule has 0 saturated carbocycles. The molecule has 0 radical (unpaired) electrons. The zero-order valence-corrected chi connectivity index (χ0v) is 16.1. The van der Waals surface area contributed by atoms with Gasteiger partial charge in [0.25, 0.3) is 5.91 Å². The smallest absolute Gasteiger partial charge is 0.250 e. The van der Waals surface area contributed by atoms with Gasteiger partial charge in [0, 0.05) is 11.6 Å². The molecule has 1 amide bonds. The van der Waals surface area contributed by atoms with Crippen molar-refractivity contribution < 1.29 is 4.79 Å². The molecule has 3 aromatic rings. The second-order valence-electron chi connectivity index (χ2n) is 5.66. The number of halogens is 1. The normalized spacial score (nSPS) is 11.7. The van der Waals surface area contributed by atoms with Crippen LogP contribution in [0.1, 0.15) is 19.4 Å². The number of imidazole rings is 1. The van der Waals surface area contributed by atoms with Crippen LogP contribution >= 0.6 is 23.4 Å². The Morgan fingerprint density at radius 1 is 1.23 bits per heavy atom. The van der Waals surface area contributed by atoms with Gasteiger partial charge in [0.15, 0.2) is 5.16 Å². The van der Waals surface area contributed by atoms with E-state index >= 15 is 0 Å². The molecular weight excluding hydrogens is 368 g/mol. The van der Waals surface area contributed by atoms with Crippen molar-refractivity contribution in [1.82, 2.24) is 15.0 Å². The number of carbonyl (C=O) groups excluding carboxylic acids is 1. The van der Waals surface area contributed by atoms with Crippen LogP contribution in [-0.4, -0.2) is 26.9 Å². The SMILES string of the molecule is CCn1c(SCC(=O)NN=C(C)c2ccc(Cl)cc2)nc2ccccc21. The molecule has 1 aromatic heterocycles. The minimum absolute atomic E-state index is 0.168. The summed E-state index contributed by atoms with van der Waals surface area (Å²) in [5.41, 5.74) is 6.25. The Bertz CT molecular complexity index is 950. The summed E-state index contributed by atoms with van der Waals surface area (Å²) in [5.74, 6) is 0.0822. The molecule has 0 saturated heterocycles. The number of nitrogens with one attached hydrogen (secondary N) is 1. The number of para-hydroxylation sites is 2. The first-order valence-electron chi connectivity index (χ1n) is 8.25. The summed E-state index contributed by atoms with van der Waals surface area (Å²) in [5, 5.41) is 5.66. The number of aromatic nitrogens is 2. The van der Waals surface area contributed by atoms with Crippen molar-refractivity contribution in [1.29, 1.82) is 0 Å². The van der Waals surface area contributed by atoms with E-state index in [9.17, 15) is 4.79 Å². The number of fused-ring (bicyclic) bond motifs is 1. The Hall–Kier alpha value is -2.31. The zero-order valence-electron chi connectivity index (χ0n) is 14.6. The molecule has 3 rings (SSSR count). The Morgan fingerprint density at radius 3 is 2.69 bits per heavy atom. The average molecular weight is 387 g/mol. The largest absolute Gasteiger partial charge is 0.319 e. The van der Waals surface area contributed by atoms with Crippen LogP contribution in [0, 0.1) is 0 Å². The highest BCUT2D eigenvalue weighted by molar-refractivity contribution is 7.99. The van der Waals surface area contributed by atoms with Gasteiger partial charge in [-0.3, -0.25) is 4.79 Å². The number of aryl methyl sites for hydroxylation is 1. The van der Waals surface area contributed by atoms with E-state index in [4.69, 9.17) is 11.6 Å². The van der Waals surface area contributed by atoms with Gasteiger partial charge in [-0.2, -0.15) is 5.10 Å². The predicted molar refractivity (Wildman–Crippen MR) is 108 cm³/mol. The van der Waals surface area contributed by atoms with Crippen molar-refractivity contribution in [2.24, 2.45) is 5.10 Å². The fourth-order valence-electron chi connectivity index (χ4n) is 2.53. The van der Waals surface area contributed by atoms with Gasteiger partial charge in [0.05, 0.1) is 22.5 Å². The highest BCUT2D eigenvalue weighted by Crippen LogP contribution is 2.23. The van der Waals surface area contributed by atoms with Gasteiger partial charge in [-0.05, 0) is 43.7 Å². The van der Waals surface area contributed by atoms with Gasteiger partial charge in [-0.25, -0.2) is 10.4 Å². The molecule has 0 atom stereocenters. The second kappa shape index (κ2) is 8.38. The van der Waals surface area contributed by atoms with E-state index in [0.717, 1.165) is 34.0 Å². The lowest BCUT2D eigenvalue weighted by atomic mass is 10.1. The highest BCUT2D eigenvalue weighted by Gasteiger charge is 2.11. The zero-order chi connectivity index (χ0) is 18.5. The van der Waals surface area contributed by atoms with Gasteiger partial charge in [-0.15, -0.1) is 0 Å². The van der Waals surface area contributed by atoms with Gasteiger partial charge < -0.3 is 4.57 Å². The van der Waals surface area contributed by atoms with Gasteiger partial charge in [0.1, 0.15) is 0 Å². The number of thioether (sulfide) groups is 1. The van der Waals surface area contributed by atoms with Gasteiger partial charge in [-0.1, -0.05) is 47.6 Å². The third kappa shape index (κ3) is 4.26. The third-order valence-electron chi connectivity index (χ3n) is 3.88. The van der Waals surface area contributed by atoms with Crippen LogP contribution in [0.5, 0.6) is 0 Å². The molecule has 7 heteroatoms. The van der Waals surface area contributed by atoms with Crippen LogP contribution in [0.4, 0.5) is 0 Å². The quantitative estimate of drug-likeness (QED) is 0.389. The summed E-state index contributed by atoms with van der Waals surface area (Å²) in [4.78, 5) is 16.7. The summed E-state index contributed by atoms with van der Waals surface area (Å²) in [6.45, 7) is 4.71. The van der Waals surface area contributed by atoms with E-state index in [1.807, 2.05) is 43.3 Å². The van der Waals surface area contributed by atoms with E-state index in [0.29, 0.717) is 5.02 Å². The minimum Gasteiger partial charge on any atom is -0.319 e. The third-order valence-corrected chi connectivity index (χ3v) is 5.11. The maximum atomic E-state index is 12.1. The number of amides is 1. The van der Waals surface area contributed by atoms with Crippen molar-refractivity contribution in [2.75, 3.05) is 5.75 Å². The first kappa shape index (κ1) is 18.5. The number of hydrazone groups is 1. The highest BCUT2D eigenvalue weighted by atomic mass is 35.5. The van der Waals surface area contributed by atoms with Gasteiger partial charge in [0.2, 0.25) is 0 Å². The lowest BCUT2D eigenvalue weighted by Crippen LogP contribution is -2.21. The van der Waals surface area contributed by atoms with E-state index in [-0.39, 0.29) is 11.7 Å². The standard InChI is InChI=1S/C19H19ClN4OS/c1-3-24-17-7-5-4-6-16(17)21-19(24)26-12-18(25)23-22-13(2)14-8-10-15(20)11-9-14/h4-11H,3,12H2,1-2H3,(H,23,25). The van der Waals surface area contributed by atoms with Crippen molar-refractivity contribution in [2.45, 2.75) is 25.5 Å². The van der Waals surface area contributed by atoms with Crippen molar-refractivity contribution in [3.8, 4) is 0 Å². The van der Waals surface area contributed by atoms with Crippen LogP contribution in [0.15, 0.2) is 58.8 Å². The average Bonchev–Trinajstić information content (AvgIpc) is 3.02. The summed E-state index contributed by atoms with van der Waals surface area (Å²) < 4.78 is 2.11. The Labute approximate surface area is 161 Å². The summed E-state index contributed by atoms with van der Waals surface area (Å²) in [6, 6.07) is 15.3. The van der Waals surface area contributed by atoms with Crippen LogP contribution in [0.25, 0.3) is 11.0 Å². The summed E-state index contributed by atoms with van der Waals surface area (Å²) in [6.07, 6.45) is 0. The molecule has 1 heterocycles. The fourth-order valence-corrected chi connectivity index (χ4v) is 3.53. The lowest BCUT2D eigenvalue weighted by molar-refractivity contribution is -0.118. The molecule has 2 aromatic carbocycles. The molecule has 0 aliphatic carbocycles. The summed E-state index contributed by atoms with van der Waals surface area (Å²) in [7, 11) is 0. The molecular formula is C19H19ClN4OS. The van der Waals surface area contributed by atoms with E-state index in [1.54, 1.807) is 12.1 Å². The first-order chi connectivity index (χ1) is 12.6. The van der Waals surface area contributed by atoms with Crippen molar-refractivity contribution in [3.63, 3.8) is 0 Å². The number of benzene rings is 2. The molecule has 0 bridgehead atoms. The lowest BCUT2D eigenvalue weighted by Gasteiger charge is -2.05. The molecule has 0 aliphatic rings. The molecule has 26 heavy (non-hydrogen) atoms. The Balaban J connectivity index is 1.62. The maximum Gasteiger partial charge on any atom is 0.250 e. The van der Waals surface area contributed by atoms with Crippen LogP contribution in [0.2, 0.25) is 5.02 Å². The van der Waals surface area contributed by atoms with E-state index in [2.05, 4.69) is 27.0 Å². The fraction of sp³-hybridized carbons (Fsp3) is 0.211. The first-order valence-corrected chi connectivity index (χ1v) is 9.62. The number of carbonyl (C=O) groups is 1.